The van der Waals surface area contributed by atoms with Crippen molar-refractivity contribution < 1.29 is 14.3 Å². The summed E-state index contributed by atoms with van der Waals surface area (Å²) in [5.74, 6) is 0.881. The highest BCUT2D eigenvalue weighted by molar-refractivity contribution is 5.85. The Balaban J connectivity index is 0.00000200. The monoisotopic (exact) mass is 293 g/mol. The molecule has 0 aliphatic carbocycles. The van der Waals surface area contributed by atoms with Crippen molar-refractivity contribution in [1.82, 2.24) is 0 Å². The third-order valence-electron chi connectivity index (χ3n) is 2.65. The Hall–Kier alpha value is -2.04. The Labute approximate surface area is 123 Å². The van der Waals surface area contributed by atoms with Crippen LogP contribution in [0.4, 0.5) is 0 Å². The highest BCUT2D eigenvalue weighted by Crippen LogP contribution is 2.24. The van der Waals surface area contributed by atoms with Crippen molar-refractivity contribution in [3.63, 3.8) is 0 Å². The van der Waals surface area contributed by atoms with Crippen LogP contribution in [-0.2, 0) is 9.53 Å². The summed E-state index contributed by atoms with van der Waals surface area (Å²) in [7, 11) is 1.31. The van der Waals surface area contributed by atoms with Gasteiger partial charge in [0, 0.05) is 0 Å². The molecule has 0 amide bonds. The van der Waals surface area contributed by atoms with Gasteiger partial charge in [0.05, 0.1) is 7.11 Å². The summed E-state index contributed by atoms with van der Waals surface area (Å²) in [5.41, 5.74) is 6.43. The summed E-state index contributed by atoms with van der Waals surface area (Å²) < 4.78 is 10.3. The number of hydrogen-bond acceptors (Lipinski definition) is 4. The van der Waals surface area contributed by atoms with E-state index in [0.717, 1.165) is 5.75 Å². The summed E-state index contributed by atoms with van der Waals surface area (Å²) in [6.07, 6.45) is 0. The smallest absolute Gasteiger partial charge is 0.327 e. The van der Waals surface area contributed by atoms with Crippen molar-refractivity contribution in [1.29, 1.82) is 0 Å². The van der Waals surface area contributed by atoms with Gasteiger partial charge in [-0.3, -0.25) is 4.79 Å². The van der Waals surface area contributed by atoms with Crippen LogP contribution in [0, 0.1) is 0 Å². The first-order chi connectivity index (χ1) is 9.20. The summed E-state index contributed by atoms with van der Waals surface area (Å²) in [4.78, 5) is 11.4. The van der Waals surface area contributed by atoms with Crippen LogP contribution < -0.4 is 10.5 Å². The zero-order chi connectivity index (χ0) is 13.7. The Morgan fingerprint density at radius 3 is 2.35 bits per heavy atom. The number of benzene rings is 2. The normalized spacial score (nSPS) is 11.1. The second-order valence-corrected chi connectivity index (χ2v) is 3.99. The summed E-state index contributed by atoms with van der Waals surface area (Å²) in [5, 5.41) is 0. The maximum absolute atomic E-state index is 11.4. The fraction of sp³-hybridized carbons (Fsp3) is 0.133. The molecule has 0 aliphatic rings. The van der Waals surface area contributed by atoms with Crippen LogP contribution in [0.5, 0.6) is 11.5 Å². The van der Waals surface area contributed by atoms with Crippen molar-refractivity contribution in [2.75, 3.05) is 7.11 Å². The van der Waals surface area contributed by atoms with E-state index in [1.807, 2.05) is 30.3 Å². The van der Waals surface area contributed by atoms with E-state index in [0.29, 0.717) is 11.3 Å². The van der Waals surface area contributed by atoms with Gasteiger partial charge in [0.25, 0.3) is 0 Å². The summed E-state index contributed by atoms with van der Waals surface area (Å²) in [6.45, 7) is 0. The van der Waals surface area contributed by atoms with Crippen LogP contribution in [0.2, 0.25) is 0 Å². The maximum atomic E-state index is 11.4. The number of carbonyl (C=O) groups is 1. The summed E-state index contributed by atoms with van der Waals surface area (Å²) in [6, 6.07) is 15.7. The van der Waals surface area contributed by atoms with Crippen molar-refractivity contribution in [3.05, 3.63) is 60.2 Å². The van der Waals surface area contributed by atoms with Gasteiger partial charge in [-0.1, -0.05) is 30.3 Å². The van der Waals surface area contributed by atoms with E-state index in [1.165, 1.54) is 7.11 Å². The molecular weight excluding hydrogens is 278 g/mol. The second-order valence-electron chi connectivity index (χ2n) is 3.99. The van der Waals surface area contributed by atoms with Gasteiger partial charge < -0.3 is 15.2 Å². The minimum Gasteiger partial charge on any atom is -0.468 e. The molecule has 0 aromatic heterocycles. The average Bonchev–Trinajstić information content (AvgIpc) is 2.47. The lowest BCUT2D eigenvalue weighted by molar-refractivity contribution is -0.142. The molecule has 0 unspecified atom stereocenters. The van der Waals surface area contributed by atoms with E-state index >= 15 is 0 Å². The lowest BCUT2D eigenvalue weighted by atomic mass is 10.1. The average molecular weight is 294 g/mol. The number of para-hydroxylation sites is 1. The molecule has 0 spiro atoms. The van der Waals surface area contributed by atoms with E-state index in [-0.39, 0.29) is 12.4 Å². The van der Waals surface area contributed by atoms with E-state index in [9.17, 15) is 4.79 Å². The zero-order valence-corrected chi connectivity index (χ0v) is 11.8. The van der Waals surface area contributed by atoms with Gasteiger partial charge in [-0.25, -0.2) is 0 Å². The molecule has 106 valence electrons. The lowest BCUT2D eigenvalue weighted by Crippen LogP contribution is -2.22. The minimum absolute atomic E-state index is 0. The van der Waals surface area contributed by atoms with Crippen molar-refractivity contribution >= 4 is 18.4 Å². The molecule has 0 heterocycles. The van der Waals surface area contributed by atoms with E-state index in [4.69, 9.17) is 10.5 Å². The van der Waals surface area contributed by atoms with Gasteiger partial charge >= 0.3 is 5.97 Å². The molecule has 0 saturated carbocycles. The topological polar surface area (TPSA) is 61.5 Å². The summed E-state index contributed by atoms with van der Waals surface area (Å²) >= 11 is 0. The Bertz CT molecular complexity index is 560. The number of hydrogen-bond donors (Lipinski definition) is 1. The lowest BCUT2D eigenvalue weighted by Gasteiger charge is -2.11. The van der Waals surface area contributed by atoms with Gasteiger partial charge in [0.2, 0.25) is 0 Å². The van der Waals surface area contributed by atoms with E-state index < -0.39 is 12.0 Å². The van der Waals surface area contributed by atoms with Crippen LogP contribution in [-0.4, -0.2) is 13.1 Å². The number of esters is 1. The molecule has 2 aromatic carbocycles. The van der Waals surface area contributed by atoms with Gasteiger partial charge in [0.15, 0.2) is 0 Å². The van der Waals surface area contributed by atoms with Crippen LogP contribution in [0.25, 0.3) is 0 Å². The highest BCUT2D eigenvalue weighted by Gasteiger charge is 2.16. The maximum Gasteiger partial charge on any atom is 0.327 e. The SMILES string of the molecule is COC(=O)[C@@H](N)c1cccc(Oc2ccccc2)c1.Cl. The number of ether oxygens (including phenoxy) is 2. The molecule has 2 rings (SSSR count). The van der Waals surface area contributed by atoms with Crippen molar-refractivity contribution in [2.24, 2.45) is 5.73 Å². The largest absolute Gasteiger partial charge is 0.468 e. The first kappa shape index (κ1) is 16.0. The molecular formula is C15H16ClNO3. The molecule has 0 saturated heterocycles. The Kier molecular flexibility index (Phi) is 6.03. The van der Waals surface area contributed by atoms with Gasteiger partial charge in [-0.2, -0.15) is 0 Å². The quantitative estimate of drug-likeness (QED) is 0.880. The molecule has 5 heteroatoms. The van der Waals surface area contributed by atoms with Crippen LogP contribution >= 0.6 is 12.4 Å². The third-order valence-corrected chi connectivity index (χ3v) is 2.65. The van der Waals surface area contributed by atoms with Gasteiger partial charge in [0.1, 0.15) is 17.5 Å². The Morgan fingerprint density at radius 1 is 1.05 bits per heavy atom. The third kappa shape index (κ3) is 3.98. The molecule has 20 heavy (non-hydrogen) atoms. The molecule has 1 atom stereocenters. The van der Waals surface area contributed by atoms with Crippen LogP contribution in [0.3, 0.4) is 0 Å². The van der Waals surface area contributed by atoms with Gasteiger partial charge in [-0.05, 0) is 29.8 Å². The highest BCUT2D eigenvalue weighted by atomic mass is 35.5. The van der Waals surface area contributed by atoms with E-state index in [1.54, 1.807) is 24.3 Å². The van der Waals surface area contributed by atoms with Gasteiger partial charge in [-0.15, -0.1) is 12.4 Å². The first-order valence-electron chi connectivity index (χ1n) is 5.87. The van der Waals surface area contributed by atoms with Crippen molar-refractivity contribution in [2.45, 2.75) is 6.04 Å². The minimum atomic E-state index is -0.802. The molecule has 0 fully saturated rings. The number of methoxy groups -OCH3 is 1. The number of halogens is 1. The molecule has 0 bridgehead atoms. The predicted molar refractivity (Wildman–Crippen MR) is 79.2 cm³/mol. The van der Waals surface area contributed by atoms with Crippen LogP contribution in [0.15, 0.2) is 54.6 Å². The zero-order valence-electron chi connectivity index (χ0n) is 11.0. The first-order valence-corrected chi connectivity index (χ1v) is 5.87. The molecule has 2 N–H and O–H groups in total. The number of rotatable bonds is 4. The van der Waals surface area contributed by atoms with E-state index in [2.05, 4.69) is 4.74 Å². The number of carbonyl (C=O) groups excluding carboxylic acids is 1. The fourth-order valence-electron chi connectivity index (χ4n) is 1.66. The molecule has 0 radical (unpaired) electrons. The van der Waals surface area contributed by atoms with Crippen molar-refractivity contribution in [3.8, 4) is 11.5 Å². The predicted octanol–water partition coefficient (Wildman–Crippen LogP) is 3.07. The molecule has 2 aromatic rings. The Morgan fingerprint density at radius 2 is 1.70 bits per heavy atom. The molecule has 4 nitrogen and oxygen atoms in total. The van der Waals surface area contributed by atoms with Crippen LogP contribution in [0.1, 0.15) is 11.6 Å². The fourth-order valence-corrected chi connectivity index (χ4v) is 1.66. The number of nitrogens with two attached hydrogens (primary N) is 1. The standard InChI is InChI=1S/C15H15NO3.ClH/c1-18-15(17)14(16)11-6-5-9-13(10-11)19-12-7-3-2-4-8-12;/h2-10,14H,16H2,1H3;1H/t14-;/m0./s1. The molecule has 0 aliphatic heterocycles. The second kappa shape index (κ2) is 7.53.